The molecule has 31 heavy (non-hydrogen) atoms. The van der Waals surface area contributed by atoms with Crippen LogP contribution in [0.3, 0.4) is 0 Å². The monoisotopic (exact) mass is 422 g/mol. The molecule has 2 saturated heterocycles. The van der Waals surface area contributed by atoms with Gasteiger partial charge < -0.3 is 14.4 Å². The first-order valence-electron chi connectivity index (χ1n) is 11.2. The van der Waals surface area contributed by atoms with Gasteiger partial charge in [0.25, 0.3) is 0 Å². The van der Waals surface area contributed by atoms with Crippen LogP contribution < -0.4 is 4.74 Å². The van der Waals surface area contributed by atoms with Crippen LogP contribution in [0.5, 0.6) is 5.75 Å². The van der Waals surface area contributed by atoms with Crippen molar-refractivity contribution in [2.75, 3.05) is 26.7 Å². The summed E-state index contributed by atoms with van der Waals surface area (Å²) in [7, 11) is 1.70. The Morgan fingerprint density at radius 1 is 1.03 bits per heavy atom. The summed E-state index contributed by atoms with van der Waals surface area (Å²) in [5.41, 5.74) is 2.18. The average molecular weight is 423 g/mol. The molecule has 2 fully saturated rings. The highest BCUT2D eigenvalue weighted by molar-refractivity contribution is 5.68. The highest BCUT2D eigenvalue weighted by atomic mass is 16.6. The number of hydrogen-bond donors (Lipinski definition) is 0. The Bertz CT molecular complexity index is 876. The molecular formula is C26H34N2O3. The smallest absolute Gasteiger partial charge is 0.410 e. The highest BCUT2D eigenvalue weighted by Gasteiger charge is 2.46. The Kier molecular flexibility index (Phi) is 6.24. The number of benzene rings is 2. The maximum atomic E-state index is 12.8. The molecule has 0 aromatic heterocycles. The summed E-state index contributed by atoms with van der Waals surface area (Å²) in [6.45, 7) is 9.21. The summed E-state index contributed by atoms with van der Waals surface area (Å²) in [6.07, 6.45) is 0.782. The molecule has 3 atom stereocenters. The lowest BCUT2D eigenvalue weighted by Gasteiger charge is -2.39. The van der Waals surface area contributed by atoms with E-state index in [1.165, 1.54) is 11.1 Å². The molecule has 2 aromatic rings. The lowest BCUT2D eigenvalue weighted by atomic mass is 9.82. The lowest BCUT2D eigenvalue weighted by molar-refractivity contribution is 0.0105. The molecule has 0 radical (unpaired) electrons. The maximum Gasteiger partial charge on any atom is 0.410 e. The lowest BCUT2D eigenvalue weighted by Crippen LogP contribution is -2.49. The molecule has 5 nitrogen and oxygen atoms in total. The SMILES string of the molecule is COc1ccc([C@@H]2CN(Cc3ccccc3)[C@H]3CCN(C(=O)OC(C)(C)C)C[C@@H]23)cc1. The van der Waals surface area contributed by atoms with Crippen LogP contribution >= 0.6 is 0 Å². The Hall–Kier alpha value is -2.53. The number of piperidine rings is 1. The number of rotatable bonds is 4. The van der Waals surface area contributed by atoms with Crippen molar-refractivity contribution in [3.63, 3.8) is 0 Å². The topological polar surface area (TPSA) is 42.0 Å². The molecule has 4 rings (SSSR count). The number of carbonyl (C=O) groups is 1. The summed E-state index contributed by atoms with van der Waals surface area (Å²) < 4.78 is 11.0. The second kappa shape index (κ2) is 8.91. The molecule has 166 valence electrons. The van der Waals surface area contributed by atoms with E-state index in [4.69, 9.17) is 9.47 Å². The van der Waals surface area contributed by atoms with E-state index >= 15 is 0 Å². The van der Waals surface area contributed by atoms with E-state index < -0.39 is 5.60 Å². The number of carbonyl (C=O) groups excluding carboxylic acids is 1. The zero-order valence-corrected chi connectivity index (χ0v) is 19.1. The molecule has 0 N–H and O–H groups in total. The third kappa shape index (κ3) is 5.04. The number of ether oxygens (including phenoxy) is 2. The van der Waals surface area contributed by atoms with Crippen LogP contribution in [0.25, 0.3) is 0 Å². The predicted molar refractivity (Wildman–Crippen MR) is 122 cm³/mol. The summed E-state index contributed by atoms with van der Waals surface area (Å²) in [5, 5.41) is 0. The van der Waals surface area contributed by atoms with Crippen molar-refractivity contribution in [2.45, 2.75) is 51.3 Å². The fraction of sp³-hybridized carbons (Fsp3) is 0.500. The van der Waals surface area contributed by atoms with Gasteiger partial charge in [-0.1, -0.05) is 42.5 Å². The minimum atomic E-state index is -0.474. The van der Waals surface area contributed by atoms with E-state index in [-0.39, 0.29) is 6.09 Å². The van der Waals surface area contributed by atoms with Crippen LogP contribution in [0.1, 0.15) is 44.2 Å². The predicted octanol–water partition coefficient (Wildman–Crippen LogP) is 4.92. The molecule has 0 saturated carbocycles. The molecule has 2 aliphatic rings. The number of fused-ring (bicyclic) bond motifs is 1. The van der Waals surface area contributed by atoms with E-state index in [2.05, 4.69) is 47.4 Å². The van der Waals surface area contributed by atoms with Gasteiger partial charge in [-0.3, -0.25) is 4.90 Å². The Morgan fingerprint density at radius 2 is 1.74 bits per heavy atom. The van der Waals surface area contributed by atoms with Crippen molar-refractivity contribution < 1.29 is 14.3 Å². The van der Waals surface area contributed by atoms with Gasteiger partial charge in [0.05, 0.1) is 7.11 Å². The van der Waals surface area contributed by atoms with Crippen molar-refractivity contribution in [2.24, 2.45) is 5.92 Å². The molecule has 0 aliphatic carbocycles. The van der Waals surface area contributed by atoms with E-state index in [0.29, 0.717) is 17.9 Å². The van der Waals surface area contributed by atoms with E-state index in [1.807, 2.05) is 37.8 Å². The maximum absolute atomic E-state index is 12.8. The molecule has 2 aromatic carbocycles. The first-order valence-corrected chi connectivity index (χ1v) is 11.2. The van der Waals surface area contributed by atoms with Gasteiger partial charge in [-0.05, 0) is 50.5 Å². The zero-order valence-electron chi connectivity index (χ0n) is 19.1. The average Bonchev–Trinajstić information content (AvgIpc) is 3.11. The zero-order chi connectivity index (χ0) is 22.0. The van der Waals surface area contributed by atoms with Gasteiger partial charge in [0.1, 0.15) is 11.4 Å². The van der Waals surface area contributed by atoms with Gasteiger partial charge in [-0.25, -0.2) is 4.79 Å². The summed E-state index contributed by atoms with van der Waals surface area (Å²) in [4.78, 5) is 17.3. The van der Waals surface area contributed by atoms with Crippen LogP contribution in [-0.4, -0.2) is 54.3 Å². The van der Waals surface area contributed by atoms with Gasteiger partial charge in [-0.2, -0.15) is 0 Å². The molecular weight excluding hydrogens is 388 g/mol. The van der Waals surface area contributed by atoms with Crippen molar-refractivity contribution in [1.29, 1.82) is 0 Å². The number of methoxy groups -OCH3 is 1. The van der Waals surface area contributed by atoms with Crippen LogP contribution in [0, 0.1) is 5.92 Å². The second-order valence-corrected chi connectivity index (χ2v) is 9.74. The number of likely N-dealkylation sites (tertiary alicyclic amines) is 2. The minimum Gasteiger partial charge on any atom is -0.497 e. The minimum absolute atomic E-state index is 0.194. The molecule has 0 spiro atoms. The normalized spacial score (nSPS) is 24.0. The molecule has 1 amide bonds. The molecule has 2 heterocycles. The Balaban J connectivity index is 1.56. The number of amides is 1. The van der Waals surface area contributed by atoms with Crippen molar-refractivity contribution in [3.8, 4) is 5.75 Å². The largest absolute Gasteiger partial charge is 0.497 e. The third-order valence-electron chi connectivity index (χ3n) is 6.46. The summed E-state index contributed by atoms with van der Waals surface area (Å²) >= 11 is 0. The molecule has 5 heteroatoms. The van der Waals surface area contributed by atoms with Crippen molar-refractivity contribution in [1.82, 2.24) is 9.80 Å². The summed E-state index contributed by atoms with van der Waals surface area (Å²) in [6, 6.07) is 19.6. The van der Waals surface area contributed by atoms with E-state index in [0.717, 1.165) is 38.3 Å². The Morgan fingerprint density at radius 3 is 2.39 bits per heavy atom. The van der Waals surface area contributed by atoms with Gasteiger partial charge in [0.15, 0.2) is 0 Å². The van der Waals surface area contributed by atoms with Crippen LogP contribution in [0.4, 0.5) is 4.79 Å². The summed E-state index contributed by atoms with van der Waals surface area (Å²) in [5.74, 6) is 1.64. The second-order valence-electron chi connectivity index (χ2n) is 9.74. The molecule has 0 unspecified atom stereocenters. The van der Waals surface area contributed by atoms with Crippen LogP contribution in [0.2, 0.25) is 0 Å². The Labute approximate surface area is 185 Å². The fourth-order valence-corrected chi connectivity index (χ4v) is 5.04. The number of hydrogen-bond acceptors (Lipinski definition) is 4. The third-order valence-corrected chi connectivity index (χ3v) is 6.46. The first kappa shape index (κ1) is 21.7. The van der Waals surface area contributed by atoms with Crippen LogP contribution in [0.15, 0.2) is 54.6 Å². The number of nitrogens with zero attached hydrogens (tertiary/aromatic N) is 2. The van der Waals surface area contributed by atoms with Gasteiger partial charge in [-0.15, -0.1) is 0 Å². The fourth-order valence-electron chi connectivity index (χ4n) is 5.04. The van der Waals surface area contributed by atoms with E-state index in [9.17, 15) is 4.79 Å². The molecule has 0 bridgehead atoms. The van der Waals surface area contributed by atoms with E-state index in [1.54, 1.807) is 7.11 Å². The van der Waals surface area contributed by atoms with Gasteiger partial charge in [0, 0.05) is 44.1 Å². The van der Waals surface area contributed by atoms with Crippen molar-refractivity contribution in [3.05, 3.63) is 65.7 Å². The highest BCUT2D eigenvalue weighted by Crippen LogP contribution is 2.42. The van der Waals surface area contributed by atoms with Gasteiger partial charge in [0.2, 0.25) is 0 Å². The quantitative estimate of drug-likeness (QED) is 0.701. The first-order chi connectivity index (χ1) is 14.8. The van der Waals surface area contributed by atoms with Crippen LogP contribution in [-0.2, 0) is 11.3 Å². The molecule has 2 aliphatic heterocycles. The van der Waals surface area contributed by atoms with Gasteiger partial charge >= 0.3 is 6.09 Å². The standard InChI is InChI=1S/C26H34N2O3/c1-26(2,3)31-25(29)27-15-14-24-23(18-27)22(20-10-12-21(30-4)13-11-20)17-28(24)16-19-8-6-5-7-9-19/h5-13,22-24H,14-18H2,1-4H3/t22-,23-,24-/m0/s1. The van der Waals surface area contributed by atoms with Crippen molar-refractivity contribution >= 4 is 6.09 Å².